The van der Waals surface area contributed by atoms with Gasteiger partial charge in [-0.2, -0.15) is 0 Å². The highest BCUT2D eigenvalue weighted by Crippen LogP contribution is 2.27. The van der Waals surface area contributed by atoms with E-state index in [2.05, 4.69) is 31.2 Å². The van der Waals surface area contributed by atoms with Crippen LogP contribution >= 0.6 is 11.6 Å². The Morgan fingerprint density at radius 2 is 1.65 bits per heavy atom. The van der Waals surface area contributed by atoms with Crippen molar-refractivity contribution in [3.8, 4) is 11.1 Å². The third kappa shape index (κ3) is 2.80. The van der Waals surface area contributed by atoms with Crippen LogP contribution in [0.25, 0.3) is 11.1 Å². The molecule has 88 valence electrons. The van der Waals surface area contributed by atoms with Crippen LogP contribution in [0.1, 0.15) is 18.9 Å². The minimum atomic E-state index is 0.611. The molecule has 0 aliphatic carbocycles. The standard InChI is InChI=1S/C15H16ClN/c1-2-3-11-4-6-12(7-5-11)13-8-9-15(17)14(16)10-13/h4-10H,2-3,17H2,1H3. The summed E-state index contributed by atoms with van der Waals surface area (Å²) in [4.78, 5) is 0. The number of benzene rings is 2. The number of nitrogens with two attached hydrogens (primary N) is 1. The summed E-state index contributed by atoms with van der Waals surface area (Å²) in [6.07, 6.45) is 2.30. The van der Waals surface area contributed by atoms with Crippen LogP contribution < -0.4 is 5.73 Å². The SMILES string of the molecule is CCCc1ccc(-c2ccc(N)c(Cl)c2)cc1. The van der Waals surface area contributed by atoms with Crippen LogP contribution in [0.5, 0.6) is 0 Å². The summed E-state index contributed by atoms with van der Waals surface area (Å²) in [7, 11) is 0. The highest BCUT2D eigenvalue weighted by Gasteiger charge is 2.01. The van der Waals surface area contributed by atoms with Gasteiger partial charge >= 0.3 is 0 Å². The molecule has 2 aromatic rings. The van der Waals surface area contributed by atoms with Gasteiger partial charge in [0.15, 0.2) is 0 Å². The molecule has 2 heteroatoms. The molecule has 1 nitrogen and oxygen atoms in total. The molecule has 2 N–H and O–H groups in total. The van der Waals surface area contributed by atoms with Crippen LogP contribution in [0.3, 0.4) is 0 Å². The number of hydrogen-bond donors (Lipinski definition) is 1. The summed E-state index contributed by atoms with van der Waals surface area (Å²) in [5.74, 6) is 0. The fraction of sp³-hybridized carbons (Fsp3) is 0.200. The number of hydrogen-bond acceptors (Lipinski definition) is 1. The molecule has 2 rings (SSSR count). The monoisotopic (exact) mass is 245 g/mol. The van der Waals surface area contributed by atoms with Crippen molar-refractivity contribution in [2.24, 2.45) is 0 Å². The van der Waals surface area contributed by atoms with Gasteiger partial charge < -0.3 is 5.73 Å². The second kappa shape index (κ2) is 5.24. The van der Waals surface area contributed by atoms with E-state index >= 15 is 0 Å². The number of aryl methyl sites for hydroxylation is 1. The highest BCUT2D eigenvalue weighted by atomic mass is 35.5. The van der Waals surface area contributed by atoms with E-state index in [9.17, 15) is 0 Å². The maximum Gasteiger partial charge on any atom is 0.0641 e. The van der Waals surface area contributed by atoms with Gasteiger partial charge in [0.25, 0.3) is 0 Å². The molecule has 0 aliphatic rings. The molecule has 0 radical (unpaired) electrons. The predicted molar refractivity (Wildman–Crippen MR) is 75.3 cm³/mol. The van der Waals surface area contributed by atoms with Gasteiger partial charge in [-0.1, -0.05) is 55.3 Å². The van der Waals surface area contributed by atoms with Crippen LogP contribution in [0.15, 0.2) is 42.5 Å². The first-order valence-corrected chi connectivity index (χ1v) is 6.23. The van der Waals surface area contributed by atoms with Crippen LogP contribution in [0, 0.1) is 0 Å². The third-order valence-corrected chi connectivity index (χ3v) is 3.15. The Hall–Kier alpha value is -1.47. The van der Waals surface area contributed by atoms with E-state index < -0.39 is 0 Å². The van der Waals surface area contributed by atoms with E-state index in [4.69, 9.17) is 17.3 Å². The van der Waals surface area contributed by atoms with Crippen molar-refractivity contribution >= 4 is 17.3 Å². The first kappa shape index (κ1) is 12.0. The molecule has 0 fully saturated rings. The fourth-order valence-corrected chi connectivity index (χ4v) is 2.04. The Labute approximate surface area is 107 Å². The molecule has 0 unspecified atom stereocenters. The molecule has 17 heavy (non-hydrogen) atoms. The number of anilines is 1. The lowest BCUT2D eigenvalue weighted by Gasteiger charge is -2.05. The van der Waals surface area contributed by atoms with E-state index in [1.807, 2.05) is 18.2 Å². The first-order chi connectivity index (χ1) is 8.20. The quantitative estimate of drug-likeness (QED) is 0.790. The second-order valence-corrected chi connectivity index (χ2v) is 4.59. The molecule has 0 saturated heterocycles. The van der Waals surface area contributed by atoms with Gasteiger partial charge in [-0.3, -0.25) is 0 Å². The Morgan fingerprint density at radius 1 is 1.00 bits per heavy atom. The largest absolute Gasteiger partial charge is 0.398 e. The molecule has 0 spiro atoms. The summed E-state index contributed by atoms with van der Waals surface area (Å²) in [5.41, 5.74) is 9.97. The van der Waals surface area contributed by atoms with Crippen molar-refractivity contribution in [2.75, 3.05) is 5.73 Å². The minimum absolute atomic E-state index is 0.611. The molecule has 0 heterocycles. The second-order valence-electron chi connectivity index (χ2n) is 4.18. The van der Waals surface area contributed by atoms with Crippen LogP contribution in [-0.4, -0.2) is 0 Å². The fourth-order valence-electron chi connectivity index (χ4n) is 1.86. The van der Waals surface area contributed by atoms with Gasteiger partial charge in [-0.05, 0) is 35.2 Å². The zero-order valence-corrected chi connectivity index (χ0v) is 10.7. The predicted octanol–water partition coefficient (Wildman–Crippen LogP) is 4.54. The molecule has 0 atom stereocenters. The van der Waals surface area contributed by atoms with E-state index in [1.165, 1.54) is 17.5 Å². The summed E-state index contributed by atoms with van der Waals surface area (Å²) in [6, 6.07) is 14.4. The average Bonchev–Trinajstić information content (AvgIpc) is 2.34. The van der Waals surface area contributed by atoms with Crippen molar-refractivity contribution in [1.29, 1.82) is 0 Å². The van der Waals surface area contributed by atoms with Crippen LogP contribution in [-0.2, 0) is 6.42 Å². The highest BCUT2D eigenvalue weighted by molar-refractivity contribution is 6.33. The van der Waals surface area contributed by atoms with E-state index in [0.29, 0.717) is 10.7 Å². The average molecular weight is 246 g/mol. The Morgan fingerprint density at radius 3 is 2.24 bits per heavy atom. The molecule has 0 amide bonds. The molecule has 0 aromatic heterocycles. The van der Waals surface area contributed by atoms with Crippen LogP contribution in [0.2, 0.25) is 5.02 Å². The van der Waals surface area contributed by atoms with E-state index in [-0.39, 0.29) is 0 Å². The molecule has 0 aliphatic heterocycles. The summed E-state index contributed by atoms with van der Waals surface area (Å²) in [5, 5.41) is 0.611. The van der Waals surface area contributed by atoms with Crippen molar-refractivity contribution in [2.45, 2.75) is 19.8 Å². The van der Waals surface area contributed by atoms with Gasteiger partial charge in [0, 0.05) is 0 Å². The summed E-state index contributed by atoms with van der Waals surface area (Å²) < 4.78 is 0. The van der Waals surface area contributed by atoms with Crippen LogP contribution in [0.4, 0.5) is 5.69 Å². The molecule has 0 saturated carbocycles. The zero-order valence-electron chi connectivity index (χ0n) is 9.91. The van der Waals surface area contributed by atoms with Gasteiger partial charge in [0.05, 0.1) is 10.7 Å². The topological polar surface area (TPSA) is 26.0 Å². The Bertz CT molecular complexity index is 503. The van der Waals surface area contributed by atoms with Gasteiger partial charge in [-0.25, -0.2) is 0 Å². The molecule has 2 aromatic carbocycles. The smallest absolute Gasteiger partial charge is 0.0641 e. The maximum atomic E-state index is 6.02. The molecular formula is C15H16ClN. The Kier molecular flexibility index (Phi) is 3.70. The maximum absolute atomic E-state index is 6.02. The normalized spacial score (nSPS) is 10.5. The third-order valence-electron chi connectivity index (χ3n) is 2.83. The number of nitrogen functional groups attached to an aromatic ring is 1. The van der Waals surface area contributed by atoms with E-state index in [0.717, 1.165) is 12.0 Å². The lowest BCUT2D eigenvalue weighted by Crippen LogP contribution is -1.87. The molecule has 0 bridgehead atoms. The van der Waals surface area contributed by atoms with Crippen molar-refractivity contribution in [1.82, 2.24) is 0 Å². The van der Waals surface area contributed by atoms with Gasteiger partial charge in [0.1, 0.15) is 0 Å². The van der Waals surface area contributed by atoms with Gasteiger partial charge in [-0.15, -0.1) is 0 Å². The van der Waals surface area contributed by atoms with E-state index in [1.54, 1.807) is 0 Å². The van der Waals surface area contributed by atoms with Crippen molar-refractivity contribution in [3.05, 3.63) is 53.1 Å². The number of rotatable bonds is 3. The lowest BCUT2D eigenvalue weighted by molar-refractivity contribution is 0.922. The summed E-state index contributed by atoms with van der Waals surface area (Å²) >= 11 is 6.02. The zero-order chi connectivity index (χ0) is 12.3. The first-order valence-electron chi connectivity index (χ1n) is 5.85. The summed E-state index contributed by atoms with van der Waals surface area (Å²) in [6.45, 7) is 2.19. The lowest BCUT2D eigenvalue weighted by atomic mass is 10.0. The van der Waals surface area contributed by atoms with Crippen molar-refractivity contribution < 1.29 is 0 Å². The Balaban J connectivity index is 2.30. The molecular weight excluding hydrogens is 230 g/mol. The minimum Gasteiger partial charge on any atom is -0.398 e. The van der Waals surface area contributed by atoms with Crippen molar-refractivity contribution in [3.63, 3.8) is 0 Å². The van der Waals surface area contributed by atoms with Gasteiger partial charge in [0.2, 0.25) is 0 Å². The number of halogens is 1.